The van der Waals surface area contributed by atoms with E-state index in [0.717, 1.165) is 17.7 Å². The third kappa shape index (κ3) is 6.16. The summed E-state index contributed by atoms with van der Waals surface area (Å²) in [6.45, 7) is -0.320. The average molecular weight is 262 g/mol. The number of hydrogen-bond acceptors (Lipinski definition) is 5. The lowest BCUT2D eigenvalue weighted by Gasteiger charge is -2.01. The average Bonchev–Trinajstić information content (AvgIpc) is 2.43. The molecule has 5 nitrogen and oxygen atoms in total. The lowest BCUT2D eigenvalue weighted by Crippen LogP contribution is -2.14. The van der Waals surface area contributed by atoms with E-state index in [9.17, 15) is 14.4 Å². The van der Waals surface area contributed by atoms with Crippen molar-refractivity contribution in [2.24, 2.45) is 0 Å². The van der Waals surface area contributed by atoms with Gasteiger partial charge in [0.05, 0.1) is 7.11 Å². The largest absolute Gasteiger partial charge is 0.466 e. The number of benzene rings is 1. The van der Waals surface area contributed by atoms with E-state index < -0.39 is 11.9 Å². The molecular formula is C14H14O5. The molecular weight excluding hydrogens is 248 g/mol. The van der Waals surface area contributed by atoms with Crippen LogP contribution < -0.4 is 0 Å². The number of rotatable bonds is 6. The lowest BCUT2D eigenvalue weighted by atomic mass is 10.1. The molecule has 1 aromatic carbocycles. The number of ether oxygens (including phenoxy) is 2. The third-order valence-corrected chi connectivity index (χ3v) is 2.18. The first-order chi connectivity index (χ1) is 9.11. The van der Waals surface area contributed by atoms with Crippen LogP contribution in [-0.2, 0) is 30.3 Å². The maximum Gasteiger partial charge on any atom is 0.331 e. The van der Waals surface area contributed by atoms with Gasteiger partial charge in [0.25, 0.3) is 0 Å². The highest BCUT2D eigenvalue weighted by atomic mass is 16.5. The van der Waals surface area contributed by atoms with Crippen molar-refractivity contribution in [1.82, 2.24) is 0 Å². The molecule has 1 aromatic rings. The fourth-order valence-corrected chi connectivity index (χ4v) is 1.28. The zero-order valence-corrected chi connectivity index (χ0v) is 10.5. The predicted molar refractivity (Wildman–Crippen MR) is 67.3 cm³/mol. The van der Waals surface area contributed by atoms with Crippen LogP contribution >= 0.6 is 0 Å². The first-order valence-corrected chi connectivity index (χ1v) is 5.60. The summed E-state index contributed by atoms with van der Waals surface area (Å²) in [7, 11) is 1.20. The molecule has 100 valence electrons. The van der Waals surface area contributed by atoms with E-state index in [1.807, 2.05) is 30.3 Å². The molecule has 0 aliphatic carbocycles. The topological polar surface area (TPSA) is 69.7 Å². The smallest absolute Gasteiger partial charge is 0.331 e. The molecule has 0 fully saturated rings. The van der Waals surface area contributed by atoms with Crippen molar-refractivity contribution >= 4 is 17.7 Å². The number of ketones is 1. The fourth-order valence-electron chi connectivity index (χ4n) is 1.28. The molecule has 1 rings (SSSR count). The van der Waals surface area contributed by atoms with Gasteiger partial charge in [-0.2, -0.15) is 0 Å². The first kappa shape index (κ1) is 14.6. The van der Waals surface area contributed by atoms with Gasteiger partial charge in [-0.1, -0.05) is 30.3 Å². The van der Waals surface area contributed by atoms with Crippen molar-refractivity contribution in [1.29, 1.82) is 0 Å². The Bertz CT molecular complexity index is 476. The minimum atomic E-state index is -0.758. The quantitative estimate of drug-likeness (QED) is 0.566. The van der Waals surface area contributed by atoms with Gasteiger partial charge >= 0.3 is 11.9 Å². The summed E-state index contributed by atoms with van der Waals surface area (Å²) < 4.78 is 8.99. The van der Waals surface area contributed by atoms with Crippen LogP contribution in [0.2, 0.25) is 0 Å². The minimum absolute atomic E-state index is 0.203. The zero-order chi connectivity index (χ0) is 14.1. The van der Waals surface area contributed by atoms with Crippen molar-refractivity contribution in [2.75, 3.05) is 13.7 Å². The van der Waals surface area contributed by atoms with E-state index in [0.29, 0.717) is 0 Å². The maximum absolute atomic E-state index is 11.5. The molecule has 0 saturated carbocycles. The molecule has 5 heteroatoms. The molecule has 0 spiro atoms. The molecule has 0 saturated heterocycles. The number of carbonyl (C=O) groups excluding carboxylic acids is 3. The highest BCUT2D eigenvalue weighted by Crippen LogP contribution is 2.00. The number of hydrogen-bond donors (Lipinski definition) is 0. The summed E-state index contributed by atoms with van der Waals surface area (Å²) in [5.41, 5.74) is 0.855. The van der Waals surface area contributed by atoms with Crippen LogP contribution in [-0.4, -0.2) is 31.4 Å². The van der Waals surface area contributed by atoms with Gasteiger partial charge < -0.3 is 9.47 Å². The van der Waals surface area contributed by atoms with Gasteiger partial charge in [-0.25, -0.2) is 9.59 Å². The van der Waals surface area contributed by atoms with E-state index in [4.69, 9.17) is 0 Å². The van der Waals surface area contributed by atoms with E-state index in [2.05, 4.69) is 9.47 Å². The first-order valence-electron chi connectivity index (χ1n) is 5.60. The standard InChI is InChI=1S/C14H14O5/c1-18-13(16)7-8-14(17)19-10-12(15)9-11-5-3-2-4-6-11/h2-8H,9-10H2,1H3/b8-7+. The van der Waals surface area contributed by atoms with Crippen molar-refractivity contribution in [2.45, 2.75) is 6.42 Å². The molecule has 0 N–H and O–H groups in total. The molecule has 0 aliphatic heterocycles. The van der Waals surface area contributed by atoms with Gasteiger partial charge in [0.2, 0.25) is 0 Å². The van der Waals surface area contributed by atoms with Crippen molar-refractivity contribution in [3.63, 3.8) is 0 Å². The Morgan fingerprint density at radius 3 is 2.32 bits per heavy atom. The van der Waals surface area contributed by atoms with Gasteiger partial charge in [0, 0.05) is 18.6 Å². The molecule has 0 bridgehead atoms. The second kappa shape index (κ2) is 7.81. The summed E-state index contributed by atoms with van der Waals surface area (Å²) in [6.07, 6.45) is 2.06. The Labute approximate surface area is 110 Å². The van der Waals surface area contributed by atoms with Crippen LogP contribution in [0.5, 0.6) is 0 Å². The molecule has 0 amide bonds. The Morgan fingerprint density at radius 1 is 1.05 bits per heavy atom. The molecule has 0 aliphatic rings. The number of carbonyl (C=O) groups is 3. The summed E-state index contributed by atoms with van der Waals surface area (Å²) >= 11 is 0. The number of esters is 2. The van der Waals surface area contributed by atoms with Crippen LogP contribution in [0, 0.1) is 0 Å². The lowest BCUT2D eigenvalue weighted by molar-refractivity contribution is -0.143. The fraction of sp³-hybridized carbons (Fsp3) is 0.214. The maximum atomic E-state index is 11.5. The van der Waals surface area contributed by atoms with Crippen LogP contribution in [0.15, 0.2) is 42.5 Å². The van der Waals surface area contributed by atoms with Crippen LogP contribution in [0.3, 0.4) is 0 Å². The second-order valence-electron chi connectivity index (χ2n) is 3.67. The Morgan fingerprint density at radius 2 is 1.68 bits per heavy atom. The highest BCUT2D eigenvalue weighted by Gasteiger charge is 2.06. The molecule has 0 aromatic heterocycles. The summed E-state index contributed by atoms with van der Waals surface area (Å²) in [6, 6.07) is 9.14. The monoisotopic (exact) mass is 262 g/mol. The molecule has 0 heterocycles. The summed E-state index contributed by atoms with van der Waals surface area (Å²) in [5, 5.41) is 0. The predicted octanol–water partition coefficient (Wildman–Crippen LogP) is 1.07. The van der Waals surface area contributed by atoms with Crippen LogP contribution in [0.1, 0.15) is 5.56 Å². The van der Waals surface area contributed by atoms with Gasteiger partial charge in [-0.05, 0) is 5.56 Å². The molecule has 0 atom stereocenters. The number of Topliss-reactive ketones (excluding diaryl/α,β-unsaturated/α-hetero) is 1. The van der Waals surface area contributed by atoms with Gasteiger partial charge in [0.15, 0.2) is 12.4 Å². The second-order valence-corrected chi connectivity index (χ2v) is 3.67. The Balaban J connectivity index is 2.32. The Kier molecular flexibility index (Phi) is 6.02. The van der Waals surface area contributed by atoms with Crippen molar-refractivity contribution in [3.8, 4) is 0 Å². The van der Waals surface area contributed by atoms with Crippen LogP contribution in [0.4, 0.5) is 0 Å². The van der Waals surface area contributed by atoms with Gasteiger partial charge in [-0.3, -0.25) is 4.79 Å². The highest BCUT2D eigenvalue weighted by molar-refractivity contribution is 5.93. The van der Waals surface area contributed by atoms with E-state index >= 15 is 0 Å². The normalized spacial score (nSPS) is 10.2. The van der Waals surface area contributed by atoms with E-state index in [1.54, 1.807) is 0 Å². The zero-order valence-electron chi connectivity index (χ0n) is 10.5. The Hall–Kier alpha value is -2.43. The van der Waals surface area contributed by atoms with Gasteiger partial charge in [-0.15, -0.1) is 0 Å². The van der Waals surface area contributed by atoms with Crippen molar-refractivity contribution < 1.29 is 23.9 Å². The van der Waals surface area contributed by atoms with E-state index in [1.165, 1.54) is 7.11 Å². The van der Waals surface area contributed by atoms with Gasteiger partial charge in [0.1, 0.15) is 0 Å². The SMILES string of the molecule is COC(=O)/C=C/C(=O)OCC(=O)Cc1ccccc1. The number of methoxy groups -OCH3 is 1. The molecule has 19 heavy (non-hydrogen) atoms. The molecule has 0 unspecified atom stereocenters. The summed E-state index contributed by atoms with van der Waals surface area (Å²) in [4.78, 5) is 33.4. The van der Waals surface area contributed by atoms with Crippen molar-refractivity contribution in [3.05, 3.63) is 48.0 Å². The summed E-state index contributed by atoms with van der Waals surface area (Å²) in [5.74, 6) is -1.63. The molecule has 0 radical (unpaired) electrons. The van der Waals surface area contributed by atoms with Crippen LogP contribution in [0.25, 0.3) is 0 Å². The minimum Gasteiger partial charge on any atom is -0.466 e. The van der Waals surface area contributed by atoms with E-state index in [-0.39, 0.29) is 18.8 Å². The third-order valence-electron chi connectivity index (χ3n) is 2.18.